The van der Waals surface area contributed by atoms with Crippen molar-refractivity contribution < 1.29 is 18.0 Å². The van der Waals surface area contributed by atoms with Crippen molar-refractivity contribution in [2.24, 2.45) is 11.8 Å². The van der Waals surface area contributed by atoms with Crippen molar-refractivity contribution in [3.05, 3.63) is 24.3 Å². The van der Waals surface area contributed by atoms with Crippen molar-refractivity contribution in [1.82, 2.24) is 9.80 Å². The molecule has 3 nitrogen and oxygen atoms in total. The average molecular weight is 314 g/mol. The molecule has 1 amide bonds. The van der Waals surface area contributed by atoms with Crippen molar-refractivity contribution in [1.29, 1.82) is 0 Å². The summed E-state index contributed by atoms with van der Waals surface area (Å²) < 4.78 is 37.8. The van der Waals surface area contributed by atoms with Gasteiger partial charge in [0.25, 0.3) is 0 Å². The molecule has 0 spiro atoms. The lowest BCUT2D eigenvalue weighted by Gasteiger charge is -2.35. The number of alkyl halides is 3. The first kappa shape index (κ1) is 15.6. The Labute approximate surface area is 128 Å². The van der Waals surface area contributed by atoms with E-state index in [1.54, 1.807) is 0 Å². The van der Waals surface area contributed by atoms with E-state index in [-0.39, 0.29) is 31.1 Å². The first-order valence-electron chi connectivity index (χ1n) is 7.83. The molecular formula is C16H21F3N2O. The zero-order valence-corrected chi connectivity index (χ0v) is 12.6. The van der Waals surface area contributed by atoms with E-state index in [9.17, 15) is 18.0 Å². The SMILES string of the molecule is C[C@H](C1C=CC=CC1)N1CC[C@H]2CN(C(=O)C(F)(F)F)C[C@H]21. The molecule has 2 saturated heterocycles. The van der Waals surface area contributed by atoms with Gasteiger partial charge >= 0.3 is 12.1 Å². The first-order chi connectivity index (χ1) is 10.4. The molecular weight excluding hydrogens is 293 g/mol. The Morgan fingerprint density at radius 3 is 2.68 bits per heavy atom. The van der Waals surface area contributed by atoms with Crippen LogP contribution in [0.5, 0.6) is 0 Å². The smallest absolute Gasteiger partial charge is 0.333 e. The maximum absolute atomic E-state index is 12.6. The Bertz CT molecular complexity index is 500. The van der Waals surface area contributed by atoms with Crippen molar-refractivity contribution in [3.63, 3.8) is 0 Å². The van der Waals surface area contributed by atoms with Crippen molar-refractivity contribution in [2.45, 2.75) is 38.0 Å². The molecule has 0 N–H and O–H groups in total. The zero-order chi connectivity index (χ0) is 15.9. The Morgan fingerprint density at radius 1 is 1.27 bits per heavy atom. The van der Waals surface area contributed by atoms with Crippen molar-refractivity contribution >= 4 is 5.91 Å². The van der Waals surface area contributed by atoms with Gasteiger partial charge in [0, 0.05) is 25.2 Å². The second-order valence-electron chi connectivity index (χ2n) is 6.52. The highest BCUT2D eigenvalue weighted by Crippen LogP contribution is 2.36. The average Bonchev–Trinajstić information content (AvgIpc) is 3.05. The van der Waals surface area contributed by atoms with Crippen LogP contribution in [0.15, 0.2) is 24.3 Å². The van der Waals surface area contributed by atoms with Crippen LogP contribution < -0.4 is 0 Å². The molecule has 1 unspecified atom stereocenters. The van der Waals surface area contributed by atoms with Crippen LogP contribution in [0.2, 0.25) is 0 Å². The number of hydrogen-bond acceptors (Lipinski definition) is 2. The van der Waals surface area contributed by atoms with Crippen molar-refractivity contribution in [2.75, 3.05) is 19.6 Å². The molecule has 1 aliphatic carbocycles. The summed E-state index contributed by atoms with van der Waals surface area (Å²) in [6.45, 7) is 3.51. The first-order valence-corrected chi connectivity index (χ1v) is 7.83. The van der Waals surface area contributed by atoms with E-state index >= 15 is 0 Å². The summed E-state index contributed by atoms with van der Waals surface area (Å²) in [4.78, 5) is 14.7. The molecule has 122 valence electrons. The van der Waals surface area contributed by atoms with E-state index in [0.717, 1.165) is 24.3 Å². The number of amides is 1. The third-order valence-corrected chi connectivity index (χ3v) is 5.28. The van der Waals surface area contributed by atoms with E-state index in [0.29, 0.717) is 5.92 Å². The maximum atomic E-state index is 12.6. The molecule has 0 radical (unpaired) electrons. The number of halogens is 3. The summed E-state index contributed by atoms with van der Waals surface area (Å²) in [6.07, 6.45) is 5.45. The quantitative estimate of drug-likeness (QED) is 0.782. The van der Waals surface area contributed by atoms with Gasteiger partial charge in [0.15, 0.2) is 0 Å². The van der Waals surface area contributed by atoms with Gasteiger partial charge in [-0.2, -0.15) is 13.2 Å². The standard InChI is InChI=1S/C16H21F3N2O/c1-11(12-5-3-2-4-6-12)21-8-7-13-9-20(10-14(13)21)15(22)16(17,18)19/h2-5,11-14H,6-10H2,1H3/t11-,12?,13+,14-/m1/s1. The largest absolute Gasteiger partial charge is 0.471 e. The summed E-state index contributed by atoms with van der Waals surface area (Å²) in [5, 5.41) is 0. The Hall–Kier alpha value is -1.30. The summed E-state index contributed by atoms with van der Waals surface area (Å²) in [5.41, 5.74) is 0. The van der Waals surface area contributed by atoms with E-state index in [1.165, 1.54) is 0 Å². The minimum absolute atomic E-state index is 0.0700. The fourth-order valence-corrected chi connectivity index (χ4v) is 4.05. The van der Waals surface area contributed by atoms with E-state index in [4.69, 9.17) is 0 Å². The molecule has 0 aromatic rings. The molecule has 6 heteroatoms. The summed E-state index contributed by atoms with van der Waals surface area (Å²) in [7, 11) is 0. The summed E-state index contributed by atoms with van der Waals surface area (Å²) in [5.74, 6) is -1.11. The van der Waals surface area contributed by atoms with Crippen LogP contribution in [-0.2, 0) is 4.79 Å². The lowest BCUT2D eigenvalue weighted by Crippen LogP contribution is -2.46. The van der Waals surface area contributed by atoms with Crippen LogP contribution in [0.1, 0.15) is 19.8 Å². The van der Waals surface area contributed by atoms with Gasteiger partial charge in [0.1, 0.15) is 0 Å². The predicted octanol–water partition coefficient (Wildman–Crippen LogP) is 2.60. The number of fused-ring (bicyclic) bond motifs is 1. The van der Waals surface area contributed by atoms with E-state index in [2.05, 4.69) is 24.0 Å². The van der Waals surface area contributed by atoms with Gasteiger partial charge in [-0.05, 0) is 38.1 Å². The molecule has 0 saturated carbocycles. The molecule has 3 rings (SSSR count). The van der Waals surface area contributed by atoms with Crippen LogP contribution in [0.3, 0.4) is 0 Å². The number of hydrogen-bond donors (Lipinski definition) is 0. The molecule has 0 aromatic heterocycles. The minimum atomic E-state index is -4.76. The fraction of sp³-hybridized carbons (Fsp3) is 0.688. The van der Waals surface area contributed by atoms with Gasteiger partial charge in [0.05, 0.1) is 0 Å². The van der Waals surface area contributed by atoms with Gasteiger partial charge in [-0.3, -0.25) is 9.69 Å². The third-order valence-electron chi connectivity index (χ3n) is 5.28. The highest BCUT2D eigenvalue weighted by molar-refractivity contribution is 5.82. The zero-order valence-electron chi connectivity index (χ0n) is 12.6. The van der Waals surface area contributed by atoms with Crippen LogP contribution in [0.4, 0.5) is 13.2 Å². The van der Waals surface area contributed by atoms with E-state index < -0.39 is 12.1 Å². The highest BCUT2D eigenvalue weighted by Gasteiger charge is 2.50. The van der Waals surface area contributed by atoms with Crippen LogP contribution in [-0.4, -0.2) is 53.6 Å². The lowest BCUT2D eigenvalue weighted by molar-refractivity contribution is -0.184. The van der Waals surface area contributed by atoms with Crippen LogP contribution in [0.25, 0.3) is 0 Å². The lowest BCUT2D eigenvalue weighted by atomic mass is 9.92. The van der Waals surface area contributed by atoms with Gasteiger partial charge in [-0.1, -0.05) is 24.3 Å². The predicted molar refractivity (Wildman–Crippen MR) is 77.1 cm³/mol. The molecule has 0 bridgehead atoms. The monoisotopic (exact) mass is 314 g/mol. The molecule has 2 aliphatic heterocycles. The number of likely N-dealkylation sites (tertiary alicyclic amines) is 2. The number of nitrogens with zero attached hydrogens (tertiary/aromatic N) is 2. The fourth-order valence-electron chi connectivity index (χ4n) is 4.05. The molecule has 22 heavy (non-hydrogen) atoms. The van der Waals surface area contributed by atoms with Gasteiger partial charge in [-0.25, -0.2) is 0 Å². The second-order valence-corrected chi connectivity index (χ2v) is 6.52. The van der Waals surface area contributed by atoms with Crippen molar-refractivity contribution in [3.8, 4) is 0 Å². The molecule has 3 aliphatic rings. The Kier molecular flexibility index (Phi) is 4.05. The van der Waals surface area contributed by atoms with Gasteiger partial charge < -0.3 is 4.90 Å². The third kappa shape index (κ3) is 2.81. The van der Waals surface area contributed by atoms with Crippen LogP contribution >= 0.6 is 0 Å². The van der Waals surface area contributed by atoms with Gasteiger partial charge in [0.2, 0.25) is 0 Å². The summed E-state index contributed by atoms with van der Waals surface area (Å²) >= 11 is 0. The highest BCUT2D eigenvalue weighted by atomic mass is 19.4. The number of carbonyl (C=O) groups is 1. The number of rotatable bonds is 2. The minimum Gasteiger partial charge on any atom is -0.333 e. The number of allylic oxidation sites excluding steroid dienone is 3. The van der Waals surface area contributed by atoms with E-state index in [1.807, 2.05) is 12.2 Å². The van der Waals surface area contributed by atoms with Crippen LogP contribution in [0, 0.1) is 11.8 Å². The molecule has 0 aromatic carbocycles. The molecule has 4 atom stereocenters. The molecule has 2 fully saturated rings. The Balaban J connectivity index is 1.66. The normalized spacial score (nSPS) is 33.3. The Morgan fingerprint density at radius 2 is 2.05 bits per heavy atom. The second kappa shape index (κ2) is 5.72. The summed E-state index contributed by atoms with van der Waals surface area (Å²) in [6, 6.07) is 0.359. The topological polar surface area (TPSA) is 23.6 Å². The number of carbonyl (C=O) groups excluding carboxylic acids is 1. The molecule has 2 heterocycles. The maximum Gasteiger partial charge on any atom is 0.471 e. The van der Waals surface area contributed by atoms with Gasteiger partial charge in [-0.15, -0.1) is 0 Å².